The highest BCUT2D eigenvalue weighted by Gasteiger charge is 2.32. The Bertz CT molecular complexity index is 932. The van der Waals surface area contributed by atoms with Crippen LogP contribution in [0.3, 0.4) is 0 Å². The van der Waals surface area contributed by atoms with Gasteiger partial charge in [0.1, 0.15) is 0 Å². The van der Waals surface area contributed by atoms with E-state index in [1.807, 2.05) is 22.6 Å². The number of benzene rings is 2. The number of sulfonamides is 1. The fourth-order valence-electron chi connectivity index (χ4n) is 2.34. The lowest BCUT2D eigenvalue weighted by molar-refractivity contribution is -0.387. The third-order valence-corrected chi connectivity index (χ3v) is 6.28. The molecule has 0 radical (unpaired) electrons. The smallest absolute Gasteiger partial charge is 0.303 e. The van der Waals surface area contributed by atoms with Crippen molar-refractivity contribution >= 4 is 50.0 Å². The lowest BCUT2D eigenvalue weighted by Gasteiger charge is -2.25. The molecular formula is C16H15IN2O6S. The highest BCUT2D eigenvalue weighted by molar-refractivity contribution is 14.1. The van der Waals surface area contributed by atoms with Crippen molar-refractivity contribution in [3.8, 4) is 0 Å². The van der Waals surface area contributed by atoms with Crippen LogP contribution < -0.4 is 4.31 Å². The van der Waals surface area contributed by atoms with Gasteiger partial charge in [-0.05, 0) is 47.2 Å². The van der Waals surface area contributed by atoms with Crippen molar-refractivity contribution in [2.24, 2.45) is 0 Å². The van der Waals surface area contributed by atoms with Gasteiger partial charge in [-0.2, -0.15) is 0 Å². The summed E-state index contributed by atoms with van der Waals surface area (Å²) in [6, 6.07) is 11.8. The zero-order valence-electron chi connectivity index (χ0n) is 13.4. The number of para-hydroxylation sites is 2. The van der Waals surface area contributed by atoms with Crippen molar-refractivity contribution in [2.75, 3.05) is 10.8 Å². The first-order valence-corrected chi connectivity index (χ1v) is 9.99. The summed E-state index contributed by atoms with van der Waals surface area (Å²) in [7, 11) is -4.26. The largest absolute Gasteiger partial charge is 0.481 e. The molecule has 0 aliphatic heterocycles. The van der Waals surface area contributed by atoms with E-state index in [-0.39, 0.29) is 19.4 Å². The number of carboxylic acid groups (broad SMARTS) is 1. The van der Waals surface area contributed by atoms with Crippen molar-refractivity contribution in [3.63, 3.8) is 0 Å². The number of anilines is 1. The molecule has 0 amide bonds. The Kier molecular flexibility index (Phi) is 6.53. The molecule has 2 rings (SSSR count). The van der Waals surface area contributed by atoms with E-state index in [1.165, 1.54) is 18.2 Å². The normalized spacial score (nSPS) is 11.1. The molecule has 0 heterocycles. The molecule has 0 fully saturated rings. The van der Waals surface area contributed by atoms with Gasteiger partial charge in [0.15, 0.2) is 4.90 Å². The highest BCUT2D eigenvalue weighted by Crippen LogP contribution is 2.32. The first-order valence-electron chi connectivity index (χ1n) is 7.47. The summed E-state index contributed by atoms with van der Waals surface area (Å²) in [5.41, 5.74) is -0.182. The van der Waals surface area contributed by atoms with E-state index in [9.17, 15) is 23.3 Å². The molecule has 0 aliphatic rings. The van der Waals surface area contributed by atoms with Crippen LogP contribution in [0.2, 0.25) is 0 Å². The zero-order chi connectivity index (χ0) is 19.3. The Hall–Kier alpha value is -2.21. The first-order chi connectivity index (χ1) is 12.2. The fraction of sp³-hybridized carbons (Fsp3) is 0.188. The minimum Gasteiger partial charge on any atom is -0.481 e. The van der Waals surface area contributed by atoms with Gasteiger partial charge in [0.25, 0.3) is 15.7 Å². The zero-order valence-corrected chi connectivity index (χ0v) is 16.4. The second-order valence-corrected chi connectivity index (χ2v) is 8.24. The van der Waals surface area contributed by atoms with Crippen molar-refractivity contribution in [1.82, 2.24) is 0 Å². The van der Waals surface area contributed by atoms with Gasteiger partial charge in [0.05, 0.1) is 10.6 Å². The first kappa shape index (κ1) is 20.1. The quantitative estimate of drug-likeness (QED) is 0.345. The lowest BCUT2D eigenvalue weighted by atomic mass is 10.3. The van der Waals surface area contributed by atoms with Gasteiger partial charge in [-0.1, -0.05) is 24.3 Å². The number of carboxylic acids is 1. The van der Waals surface area contributed by atoms with Crippen LogP contribution in [0.5, 0.6) is 0 Å². The Balaban J connectivity index is 2.55. The molecule has 2 aromatic rings. The molecule has 0 saturated carbocycles. The molecule has 8 nitrogen and oxygen atoms in total. The lowest BCUT2D eigenvalue weighted by Crippen LogP contribution is -2.33. The summed E-state index contributed by atoms with van der Waals surface area (Å²) in [4.78, 5) is 20.8. The molecule has 138 valence electrons. The Morgan fingerprint density at radius 3 is 2.38 bits per heavy atom. The predicted octanol–water partition coefficient (Wildman–Crippen LogP) is 3.26. The number of nitro groups is 1. The summed E-state index contributed by atoms with van der Waals surface area (Å²) in [5, 5.41) is 20.1. The molecular weight excluding hydrogens is 475 g/mol. The van der Waals surface area contributed by atoms with Crippen LogP contribution >= 0.6 is 22.6 Å². The van der Waals surface area contributed by atoms with Crippen LogP contribution in [0.25, 0.3) is 0 Å². The number of hydrogen-bond donors (Lipinski definition) is 1. The minimum absolute atomic E-state index is 0.0696. The third kappa shape index (κ3) is 4.49. The van der Waals surface area contributed by atoms with Gasteiger partial charge in [0.2, 0.25) is 0 Å². The third-order valence-electron chi connectivity index (χ3n) is 3.50. The van der Waals surface area contributed by atoms with Crippen LogP contribution in [-0.4, -0.2) is 31.0 Å². The van der Waals surface area contributed by atoms with E-state index in [1.54, 1.807) is 24.3 Å². The average Bonchev–Trinajstić information content (AvgIpc) is 2.59. The molecule has 1 N–H and O–H groups in total. The summed E-state index contributed by atoms with van der Waals surface area (Å²) < 4.78 is 28.0. The summed E-state index contributed by atoms with van der Waals surface area (Å²) in [5.74, 6) is -1.05. The molecule has 2 aromatic carbocycles. The maximum absolute atomic E-state index is 13.2. The second-order valence-electron chi connectivity index (χ2n) is 5.25. The molecule has 0 aromatic heterocycles. The topological polar surface area (TPSA) is 118 Å². The fourth-order valence-corrected chi connectivity index (χ4v) is 4.87. The average molecular weight is 490 g/mol. The number of nitro benzene ring substituents is 1. The van der Waals surface area contributed by atoms with Gasteiger partial charge >= 0.3 is 5.97 Å². The molecule has 0 unspecified atom stereocenters. The standard InChI is InChI=1S/C16H15IN2O6S/c17-12-6-1-2-7-13(12)18(11-5-10-16(20)21)26(24,25)15-9-4-3-8-14(15)19(22)23/h1-4,6-9H,5,10-11H2,(H,20,21). The van der Waals surface area contributed by atoms with E-state index >= 15 is 0 Å². The van der Waals surface area contributed by atoms with Crippen LogP contribution in [-0.2, 0) is 14.8 Å². The minimum atomic E-state index is -4.26. The SMILES string of the molecule is O=C(O)CCCN(c1ccccc1I)S(=O)(=O)c1ccccc1[N+](=O)[O-]. The summed E-state index contributed by atoms with van der Waals surface area (Å²) in [6.45, 7) is -0.110. The van der Waals surface area contributed by atoms with E-state index in [4.69, 9.17) is 5.11 Å². The molecule has 26 heavy (non-hydrogen) atoms. The number of hydrogen-bond acceptors (Lipinski definition) is 5. The number of rotatable bonds is 8. The summed E-state index contributed by atoms with van der Waals surface area (Å²) in [6.07, 6.45) is -0.146. The maximum Gasteiger partial charge on any atom is 0.303 e. The van der Waals surface area contributed by atoms with Gasteiger partial charge in [-0.25, -0.2) is 8.42 Å². The van der Waals surface area contributed by atoms with E-state index in [0.29, 0.717) is 9.26 Å². The number of halogens is 1. The Morgan fingerprint density at radius 1 is 1.15 bits per heavy atom. The van der Waals surface area contributed by atoms with Gasteiger partial charge in [-0.15, -0.1) is 0 Å². The monoisotopic (exact) mass is 490 g/mol. The van der Waals surface area contributed by atoms with Crippen molar-refractivity contribution in [3.05, 3.63) is 62.2 Å². The maximum atomic E-state index is 13.2. The number of nitrogens with zero attached hydrogens (tertiary/aromatic N) is 2. The van der Waals surface area contributed by atoms with E-state index in [2.05, 4.69) is 0 Å². The Morgan fingerprint density at radius 2 is 1.77 bits per heavy atom. The Labute approximate surface area is 163 Å². The van der Waals surface area contributed by atoms with Crippen molar-refractivity contribution in [2.45, 2.75) is 17.7 Å². The van der Waals surface area contributed by atoms with Gasteiger partial charge < -0.3 is 5.11 Å². The van der Waals surface area contributed by atoms with Gasteiger partial charge in [0, 0.05) is 22.6 Å². The molecule has 0 saturated heterocycles. The summed E-state index contributed by atoms with van der Waals surface area (Å²) >= 11 is 1.97. The molecule has 0 bridgehead atoms. The van der Waals surface area contributed by atoms with Crippen molar-refractivity contribution in [1.29, 1.82) is 0 Å². The van der Waals surface area contributed by atoms with Crippen LogP contribution in [0, 0.1) is 13.7 Å². The number of carbonyl (C=O) groups is 1. The van der Waals surface area contributed by atoms with E-state index < -0.39 is 31.5 Å². The van der Waals surface area contributed by atoms with Gasteiger partial charge in [-0.3, -0.25) is 19.2 Å². The molecule has 0 spiro atoms. The van der Waals surface area contributed by atoms with Crippen molar-refractivity contribution < 1.29 is 23.2 Å². The molecule has 0 atom stereocenters. The van der Waals surface area contributed by atoms with Crippen LogP contribution in [0.15, 0.2) is 53.4 Å². The molecule has 0 aliphatic carbocycles. The van der Waals surface area contributed by atoms with E-state index in [0.717, 1.165) is 10.4 Å². The van der Waals surface area contributed by atoms with Crippen LogP contribution in [0.4, 0.5) is 11.4 Å². The van der Waals surface area contributed by atoms with Crippen LogP contribution in [0.1, 0.15) is 12.8 Å². The second kappa shape index (κ2) is 8.45. The molecule has 10 heteroatoms. The highest BCUT2D eigenvalue weighted by atomic mass is 127. The number of aliphatic carboxylic acids is 1. The predicted molar refractivity (Wildman–Crippen MR) is 104 cm³/mol.